The molecule has 0 saturated carbocycles. The first-order chi connectivity index (χ1) is 9.63. The van der Waals surface area contributed by atoms with Crippen LogP contribution in [0.1, 0.15) is 36.9 Å². The molecule has 4 nitrogen and oxygen atoms in total. The van der Waals surface area contributed by atoms with Crippen LogP contribution < -0.4 is 0 Å². The lowest BCUT2D eigenvalue weighted by Gasteiger charge is -2.36. The summed E-state index contributed by atoms with van der Waals surface area (Å²) in [5.74, 6) is 0. The molecule has 0 aliphatic carbocycles. The lowest BCUT2D eigenvalue weighted by Crippen LogP contribution is -2.43. The number of hydrogen-bond acceptors (Lipinski definition) is 4. The summed E-state index contributed by atoms with van der Waals surface area (Å²) in [5.41, 5.74) is -2.18. The first-order valence-corrected chi connectivity index (χ1v) is 8.23. The summed E-state index contributed by atoms with van der Waals surface area (Å²) in [6.07, 6.45) is -2.47. The Hall–Kier alpha value is -1.15. The molecule has 1 aromatic rings. The highest BCUT2D eigenvalue weighted by molar-refractivity contribution is 7.93. The van der Waals surface area contributed by atoms with Gasteiger partial charge < -0.3 is 5.11 Å². The van der Waals surface area contributed by atoms with Gasteiger partial charge in [0, 0.05) is 11.8 Å². The molecule has 3 rings (SSSR count). The Morgan fingerprint density at radius 1 is 1.19 bits per heavy atom. The Kier molecular flexibility index (Phi) is 3.11. The molecule has 1 aromatic heterocycles. The fourth-order valence-electron chi connectivity index (χ4n) is 3.32. The van der Waals surface area contributed by atoms with Gasteiger partial charge >= 0.3 is 6.18 Å². The number of hydrogen-bond donors (Lipinski definition) is 1. The Balaban J connectivity index is 1.91. The van der Waals surface area contributed by atoms with Crippen molar-refractivity contribution < 1.29 is 26.7 Å². The molecule has 0 spiro atoms. The van der Waals surface area contributed by atoms with E-state index in [-0.39, 0.29) is 18.4 Å². The molecular formula is C13H14F3NO3S. The number of alkyl halides is 3. The van der Waals surface area contributed by atoms with E-state index in [2.05, 4.69) is 4.98 Å². The zero-order chi connectivity index (χ0) is 15.5. The molecule has 3 heterocycles. The molecule has 8 heteroatoms. The van der Waals surface area contributed by atoms with Gasteiger partial charge in [0.1, 0.15) is 5.69 Å². The number of rotatable bonds is 1. The minimum Gasteiger partial charge on any atom is -0.385 e. The van der Waals surface area contributed by atoms with Crippen molar-refractivity contribution in [2.45, 2.75) is 48.0 Å². The molecule has 21 heavy (non-hydrogen) atoms. The van der Waals surface area contributed by atoms with Gasteiger partial charge in [0.2, 0.25) is 0 Å². The average Bonchev–Trinajstić information content (AvgIpc) is 2.58. The first-order valence-electron chi connectivity index (χ1n) is 6.62. The lowest BCUT2D eigenvalue weighted by atomic mass is 9.87. The van der Waals surface area contributed by atoms with E-state index in [1.165, 1.54) is 6.07 Å². The summed E-state index contributed by atoms with van der Waals surface area (Å²) in [6, 6.07) is 2.01. The fourth-order valence-corrected chi connectivity index (χ4v) is 5.81. The number of pyridine rings is 1. The van der Waals surface area contributed by atoms with Gasteiger partial charge in [0.05, 0.1) is 16.1 Å². The van der Waals surface area contributed by atoms with Crippen LogP contribution in [-0.4, -0.2) is 29.0 Å². The minimum absolute atomic E-state index is 0.0267. The van der Waals surface area contributed by atoms with E-state index in [0.717, 1.165) is 12.3 Å². The maximum atomic E-state index is 12.5. The third-order valence-corrected chi connectivity index (χ3v) is 7.13. The molecule has 2 saturated heterocycles. The summed E-state index contributed by atoms with van der Waals surface area (Å²) in [5, 5.41) is 9.45. The van der Waals surface area contributed by atoms with Crippen LogP contribution in [0.2, 0.25) is 0 Å². The molecule has 2 unspecified atom stereocenters. The smallest absolute Gasteiger partial charge is 0.385 e. The number of aliphatic hydroxyl groups is 1. The number of fused-ring (bicyclic) bond motifs is 2. The van der Waals surface area contributed by atoms with Crippen molar-refractivity contribution in [2.24, 2.45) is 0 Å². The van der Waals surface area contributed by atoms with Crippen molar-refractivity contribution >= 4 is 9.84 Å². The molecule has 0 aromatic carbocycles. The van der Waals surface area contributed by atoms with Crippen LogP contribution in [0.25, 0.3) is 0 Å². The van der Waals surface area contributed by atoms with E-state index in [9.17, 15) is 26.7 Å². The summed E-state index contributed by atoms with van der Waals surface area (Å²) in [6.45, 7) is 0. The van der Waals surface area contributed by atoms with Crippen LogP contribution >= 0.6 is 0 Å². The maximum absolute atomic E-state index is 12.5. The van der Waals surface area contributed by atoms with Crippen LogP contribution in [0.3, 0.4) is 0 Å². The van der Waals surface area contributed by atoms with Crippen LogP contribution in [0.4, 0.5) is 13.2 Å². The molecule has 2 fully saturated rings. The van der Waals surface area contributed by atoms with Gasteiger partial charge in [-0.3, -0.25) is 4.98 Å². The Bertz CT molecular complexity index is 634. The van der Waals surface area contributed by atoms with Crippen molar-refractivity contribution in [1.82, 2.24) is 4.98 Å². The zero-order valence-electron chi connectivity index (χ0n) is 11.0. The van der Waals surface area contributed by atoms with Crippen LogP contribution in [-0.2, 0) is 21.6 Å². The van der Waals surface area contributed by atoms with E-state index in [4.69, 9.17) is 0 Å². The van der Waals surface area contributed by atoms with Crippen molar-refractivity contribution in [3.63, 3.8) is 0 Å². The molecule has 0 amide bonds. The SMILES string of the molecule is O=S1(=O)C2CCC1CC(O)(c1ccc(C(F)(F)F)nc1)C2. The number of nitrogens with zero attached hydrogens (tertiary/aromatic N) is 1. The van der Waals surface area contributed by atoms with Gasteiger partial charge in [-0.15, -0.1) is 0 Å². The number of aromatic nitrogens is 1. The zero-order valence-corrected chi connectivity index (χ0v) is 11.8. The van der Waals surface area contributed by atoms with Gasteiger partial charge in [-0.2, -0.15) is 13.2 Å². The van der Waals surface area contributed by atoms with Crippen molar-refractivity contribution in [3.8, 4) is 0 Å². The minimum atomic E-state index is -4.53. The largest absolute Gasteiger partial charge is 0.433 e. The number of sulfone groups is 1. The second-order valence-corrected chi connectivity index (χ2v) is 8.29. The highest BCUT2D eigenvalue weighted by Crippen LogP contribution is 2.47. The monoisotopic (exact) mass is 321 g/mol. The van der Waals surface area contributed by atoms with Gasteiger partial charge in [-0.25, -0.2) is 8.42 Å². The van der Waals surface area contributed by atoms with Crippen LogP contribution in [0, 0.1) is 0 Å². The van der Waals surface area contributed by atoms with Gasteiger partial charge in [-0.1, -0.05) is 6.07 Å². The number of halogens is 3. The normalized spacial score (nSPS) is 34.9. The summed E-state index contributed by atoms with van der Waals surface area (Å²) in [4.78, 5) is 3.34. The molecule has 1 N–H and O–H groups in total. The fraction of sp³-hybridized carbons (Fsp3) is 0.615. The van der Waals surface area contributed by atoms with Crippen molar-refractivity contribution in [2.75, 3.05) is 0 Å². The van der Waals surface area contributed by atoms with Gasteiger partial charge in [0.25, 0.3) is 0 Å². The quantitative estimate of drug-likeness (QED) is 0.859. The molecular weight excluding hydrogens is 307 g/mol. The highest BCUT2D eigenvalue weighted by Gasteiger charge is 2.53. The van der Waals surface area contributed by atoms with Crippen molar-refractivity contribution in [3.05, 3.63) is 29.6 Å². The average molecular weight is 321 g/mol. The summed E-state index contributed by atoms with van der Waals surface area (Å²) in [7, 11) is -3.20. The van der Waals surface area contributed by atoms with E-state index in [0.29, 0.717) is 12.8 Å². The Morgan fingerprint density at radius 3 is 2.19 bits per heavy atom. The Morgan fingerprint density at radius 2 is 1.76 bits per heavy atom. The van der Waals surface area contributed by atoms with Gasteiger partial charge in [-0.05, 0) is 31.7 Å². The maximum Gasteiger partial charge on any atom is 0.433 e. The molecule has 2 bridgehead atoms. The molecule has 2 atom stereocenters. The first kappa shape index (κ1) is 14.8. The second-order valence-electron chi connectivity index (χ2n) is 5.78. The lowest BCUT2D eigenvalue weighted by molar-refractivity contribution is -0.141. The van der Waals surface area contributed by atoms with E-state index in [1.54, 1.807) is 0 Å². The molecule has 116 valence electrons. The topological polar surface area (TPSA) is 67.3 Å². The Labute approximate surface area is 119 Å². The highest BCUT2D eigenvalue weighted by atomic mass is 32.2. The summed E-state index contributed by atoms with van der Waals surface area (Å²) < 4.78 is 61.5. The van der Waals surface area contributed by atoms with Gasteiger partial charge in [0.15, 0.2) is 9.84 Å². The van der Waals surface area contributed by atoms with E-state index < -0.39 is 37.8 Å². The second kappa shape index (κ2) is 4.42. The standard InChI is InChI=1S/C13H14F3NO3S/c14-13(15,16)11-4-1-8(7-17-11)12(18)5-9-2-3-10(6-12)21(9,19)20/h1,4,7,9-10,18H,2-3,5-6H2. The summed E-state index contributed by atoms with van der Waals surface area (Å²) >= 11 is 0. The molecule has 2 aliphatic heterocycles. The van der Waals surface area contributed by atoms with E-state index in [1.807, 2.05) is 0 Å². The van der Waals surface area contributed by atoms with Crippen LogP contribution in [0.5, 0.6) is 0 Å². The third-order valence-electron chi connectivity index (χ3n) is 4.46. The third kappa shape index (κ3) is 2.34. The predicted octanol–water partition coefficient (Wildman–Crippen LogP) is 2.03. The predicted molar refractivity (Wildman–Crippen MR) is 68.1 cm³/mol. The van der Waals surface area contributed by atoms with E-state index >= 15 is 0 Å². The van der Waals surface area contributed by atoms with Crippen molar-refractivity contribution in [1.29, 1.82) is 0 Å². The molecule has 2 aliphatic rings. The molecule has 0 radical (unpaired) electrons. The van der Waals surface area contributed by atoms with Crippen LogP contribution in [0.15, 0.2) is 18.3 Å².